The van der Waals surface area contributed by atoms with E-state index in [0.29, 0.717) is 5.02 Å². The number of hydrogen-bond donors (Lipinski definition) is 2. The molecule has 2 rings (SSSR count). The second-order valence-corrected chi connectivity index (χ2v) is 5.06. The van der Waals surface area contributed by atoms with Gasteiger partial charge < -0.3 is 11.1 Å². The average Bonchev–Trinajstić information content (AvgIpc) is 2.23. The average molecular weight is 312 g/mol. The highest BCUT2D eigenvalue weighted by molar-refractivity contribution is 9.10. The first-order valence-electron chi connectivity index (χ1n) is 5.14. The van der Waals surface area contributed by atoms with Crippen molar-refractivity contribution in [1.82, 2.24) is 0 Å². The minimum absolute atomic E-state index is 0.677. The lowest BCUT2D eigenvalue weighted by molar-refractivity contribution is 1.44. The molecule has 4 heteroatoms. The van der Waals surface area contributed by atoms with Crippen molar-refractivity contribution in [2.24, 2.45) is 0 Å². The van der Waals surface area contributed by atoms with Crippen molar-refractivity contribution in [1.29, 1.82) is 0 Å². The van der Waals surface area contributed by atoms with Crippen LogP contribution in [0.5, 0.6) is 0 Å². The fourth-order valence-corrected chi connectivity index (χ4v) is 2.18. The summed E-state index contributed by atoms with van der Waals surface area (Å²) in [5.41, 5.74) is 9.53. The third-order valence-corrected chi connectivity index (χ3v) is 3.73. The molecule has 0 amide bonds. The van der Waals surface area contributed by atoms with Gasteiger partial charge in [0.15, 0.2) is 0 Å². The molecular formula is C13H12BrClN2. The Kier molecular flexibility index (Phi) is 3.60. The van der Waals surface area contributed by atoms with Crippen molar-refractivity contribution in [3.8, 4) is 0 Å². The number of anilines is 3. The van der Waals surface area contributed by atoms with E-state index in [9.17, 15) is 0 Å². The normalized spacial score (nSPS) is 10.3. The standard InChI is InChI=1S/C13H12BrClN2/c1-8-5-9(16)7-10(6-8)17-12-4-2-3-11(15)13(12)14/h2-7,17H,16H2,1H3. The number of halogens is 2. The molecule has 0 aliphatic heterocycles. The van der Waals surface area contributed by atoms with E-state index in [1.165, 1.54) is 0 Å². The molecule has 0 saturated carbocycles. The summed E-state index contributed by atoms with van der Waals surface area (Å²) in [7, 11) is 0. The molecule has 88 valence electrons. The smallest absolute Gasteiger partial charge is 0.0596 e. The molecule has 0 fully saturated rings. The van der Waals surface area contributed by atoms with Crippen LogP contribution in [0.1, 0.15) is 5.56 Å². The zero-order valence-electron chi connectivity index (χ0n) is 9.30. The van der Waals surface area contributed by atoms with E-state index in [1.54, 1.807) is 0 Å². The van der Waals surface area contributed by atoms with E-state index in [2.05, 4.69) is 21.2 Å². The largest absolute Gasteiger partial charge is 0.399 e. The monoisotopic (exact) mass is 310 g/mol. The van der Waals surface area contributed by atoms with Gasteiger partial charge in [0.25, 0.3) is 0 Å². The number of aryl methyl sites for hydroxylation is 1. The van der Waals surface area contributed by atoms with E-state index >= 15 is 0 Å². The first-order valence-corrected chi connectivity index (χ1v) is 6.31. The highest BCUT2D eigenvalue weighted by Crippen LogP contribution is 2.32. The van der Waals surface area contributed by atoms with Crippen LogP contribution >= 0.6 is 27.5 Å². The molecule has 0 aliphatic rings. The van der Waals surface area contributed by atoms with Crippen LogP contribution in [0.2, 0.25) is 5.02 Å². The molecule has 0 atom stereocenters. The third-order valence-electron chi connectivity index (χ3n) is 2.33. The van der Waals surface area contributed by atoms with Crippen molar-refractivity contribution in [3.05, 3.63) is 51.5 Å². The van der Waals surface area contributed by atoms with Gasteiger partial charge in [-0.3, -0.25) is 0 Å². The SMILES string of the molecule is Cc1cc(N)cc(Nc2cccc(Cl)c2Br)c1. The van der Waals surface area contributed by atoms with E-state index < -0.39 is 0 Å². The minimum atomic E-state index is 0.677. The van der Waals surface area contributed by atoms with Crippen LogP contribution in [0.3, 0.4) is 0 Å². The lowest BCUT2D eigenvalue weighted by atomic mass is 10.2. The molecule has 2 aromatic carbocycles. The maximum Gasteiger partial charge on any atom is 0.0596 e. The van der Waals surface area contributed by atoms with Crippen LogP contribution in [-0.4, -0.2) is 0 Å². The topological polar surface area (TPSA) is 38.0 Å². The molecule has 2 aromatic rings. The van der Waals surface area contributed by atoms with Gasteiger partial charge in [-0.25, -0.2) is 0 Å². The molecule has 0 unspecified atom stereocenters. The Labute approximate surface area is 114 Å². The summed E-state index contributed by atoms with van der Waals surface area (Å²) in [5.74, 6) is 0. The Morgan fingerprint density at radius 2 is 2.00 bits per heavy atom. The number of hydrogen-bond acceptors (Lipinski definition) is 2. The lowest BCUT2D eigenvalue weighted by Gasteiger charge is -2.11. The van der Waals surface area contributed by atoms with Crippen LogP contribution in [0.15, 0.2) is 40.9 Å². The summed E-state index contributed by atoms with van der Waals surface area (Å²) < 4.78 is 0.849. The number of nitrogen functional groups attached to an aromatic ring is 1. The Balaban J connectivity index is 2.34. The molecule has 0 aliphatic carbocycles. The van der Waals surface area contributed by atoms with Gasteiger partial charge in [0.05, 0.1) is 15.2 Å². The number of nitrogens with one attached hydrogen (secondary N) is 1. The van der Waals surface area contributed by atoms with Crippen molar-refractivity contribution in [2.45, 2.75) is 6.92 Å². The first kappa shape index (κ1) is 12.3. The Bertz CT molecular complexity index is 535. The quantitative estimate of drug-likeness (QED) is 0.786. The van der Waals surface area contributed by atoms with Crippen LogP contribution in [0.25, 0.3) is 0 Å². The maximum absolute atomic E-state index is 6.03. The molecule has 0 radical (unpaired) electrons. The zero-order chi connectivity index (χ0) is 12.4. The molecule has 0 spiro atoms. The number of nitrogens with two attached hydrogens (primary N) is 1. The number of rotatable bonds is 2. The van der Waals surface area contributed by atoms with Gasteiger partial charge in [-0.1, -0.05) is 17.7 Å². The van der Waals surface area contributed by atoms with E-state index in [-0.39, 0.29) is 0 Å². The first-order chi connectivity index (χ1) is 8.06. The summed E-state index contributed by atoms with van der Waals surface area (Å²) in [6.07, 6.45) is 0. The fourth-order valence-electron chi connectivity index (χ4n) is 1.64. The van der Waals surface area contributed by atoms with E-state index in [0.717, 1.165) is 27.1 Å². The Hall–Kier alpha value is -1.19. The minimum Gasteiger partial charge on any atom is -0.399 e. The van der Waals surface area contributed by atoms with Gasteiger partial charge in [-0.05, 0) is 58.7 Å². The summed E-state index contributed by atoms with van der Waals surface area (Å²) in [4.78, 5) is 0. The van der Waals surface area contributed by atoms with Gasteiger partial charge in [-0.2, -0.15) is 0 Å². The summed E-state index contributed by atoms with van der Waals surface area (Å²) >= 11 is 9.48. The molecule has 0 saturated heterocycles. The Morgan fingerprint density at radius 1 is 1.24 bits per heavy atom. The molecule has 0 heterocycles. The van der Waals surface area contributed by atoms with Gasteiger partial charge in [-0.15, -0.1) is 0 Å². The highest BCUT2D eigenvalue weighted by Gasteiger charge is 2.04. The van der Waals surface area contributed by atoms with Gasteiger partial charge in [0, 0.05) is 11.4 Å². The predicted molar refractivity (Wildman–Crippen MR) is 78.0 cm³/mol. The highest BCUT2D eigenvalue weighted by atomic mass is 79.9. The second-order valence-electron chi connectivity index (χ2n) is 3.86. The van der Waals surface area contributed by atoms with Gasteiger partial charge in [0.1, 0.15) is 0 Å². The molecule has 17 heavy (non-hydrogen) atoms. The molecule has 0 bridgehead atoms. The molecular weight excluding hydrogens is 300 g/mol. The fraction of sp³-hybridized carbons (Fsp3) is 0.0769. The van der Waals surface area contributed by atoms with Crippen LogP contribution in [0.4, 0.5) is 17.1 Å². The van der Waals surface area contributed by atoms with Gasteiger partial charge >= 0.3 is 0 Å². The van der Waals surface area contributed by atoms with Crippen LogP contribution in [-0.2, 0) is 0 Å². The molecule has 0 aromatic heterocycles. The third kappa shape index (κ3) is 2.93. The molecule has 2 nitrogen and oxygen atoms in total. The number of benzene rings is 2. The van der Waals surface area contributed by atoms with Crippen molar-refractivity contribution in [3.63, 3.8) is 0 Å². The summed E-state index contributed by atoms with van der Waals surface area (Å²) in [6, 6.07) is 11.5. The van der Waals surface area contributed by atoms with Crippen LogP contribution < -0.4 is 11.1 Å². The van der Waals surface area contributed by atoms with Crippen LogP contribution in [0, 0.1) is 6.92 Å². The maximum atomic E-state index is 6.03. The Morgan fingerprint density at radius 3 is 2.71 bits per heavy atom. The van der Waals surface area contributed by atoms with E-state index in [4.69, 9.17) is 17.3 Å². The zero-order valence-corrected chi connectivity index (χ0v) is 11.6. The predicted octanol–water partition coefficient (Wildman–Crippen LogP) is 4.74. The summed E-state index contributed by atoms with van der Waals surface area (Å²) in [6.45, 7) is 2.01. The van der Waals surface area contributed by atoms with Crippen molar-refractivity contribution >= 4 is 44.6 Å². The van der Waals surface area contributed by atoms with Gasteiger partial charge in [0.2, 0.25) is 0 Å². The summed E-state index contributed by atoms with van der Waals surface area (Å²) in [5, 5.41) is 3.96. The van der Waals surface area contributed by atoms with Crippen molar-refractivity contribution in [2.75, 3.05) is 11.1 Å². The van der Waals surface area contributed by atoms with E-state index in [1.807, 2.05) is 43.3 Å². The second kappa shape index (κ2) is 4.98. The van der Waals surface area contributed by atoms with Crippen molar-refractivity contribution < 1.29 is 0 Å². The lowest BCUT2D eigenvalue weighted by Crippen LogP contribution is -1.94. The molecule has 3 N–H and O–H groups in total.